The van der Waals surface area contributed by atoms with Crippen molar-refractivity contribution in [2.24, 2.45) is 5.92 Å². The van der Waals surface area contributed by atoms with Crippen LogP contribution in [0, 0.1) is 5.92 Å². The lowest BCUT2D eigenvalue weighted by atomic mass is 9.86. The maximum Gasteiger partial charge on any atom is 0.225 e. The number of para-hydroxylation sites is 2. The molecule has 6 nitrogen and oxygen atoms in total. The number of aromatic nitrogens is 3. The summed E-state index contributed by atoms with van der Waals surface area (Å²) in [5.74, 6) is 2.42. The van der Waals surface area contributed by atoms with Gasteiger partial charge in [-0.25, -0.2) is 9.97 Å². The van der Waals surface area contributed by atoms with Gasteiger partial charge >= 0.3 is 0 Å². The summed E-state index contributed by atoms with van der Waals surface area (Å²) in [5.41, 5.74) is 2.09. The van der Waals surface area contributed by atoms with Crippen LogP contribution >= 0.6 is 11.3 Å². The number of hydrogen-bond donors (Lipinski definition) is 2. The largest absolute Gasteiger partial charge is 0.362 e. The van der Waals surface area contributed by atoms with E-state index >= 15 is 0 Å². The zero-order valence-electron chi connectivity index (χ0n) is 18.7. The molecule has 2 N–H and O–H groups in total. The van der Waals surface area contributed by atoms with Gasteiger partial charge in [-0.3, -0.25) is 0 Å². The zero-order chi connectivity index (χ0) is 21.9. The summed E-state index contributed by atoms with van der Waals surface area (Å²) in [7, 11) is 4.07. The third kappa shape index (κ3) is 4.69. The molecule has 7 heteroatoms. The summed E-state index contributed by atoms with van der Waals surface area (Å²) in [5, 5.41) is 9.50. The molecule has 1 aliphatic rings. The minimum atomic E-state index is 0.437. The lowest BCUT2D eigenvalue weighted by Gasteiger charge is -2.29. The normalized spacial score (nSPS) is 18.8. The molecule has 1 fully saturated rings. The summed E-state index contributed by atoms with van der Waals surface area (Å²) in [6, 6.07) is 17.0. The fourth-order valence-electron chi connectivity index (χ4n) is 4.54. The van der Waals surface area contributed by atoms with Crippen LogP contribution in [0.3, 0.4) is 0 Å². The van der Waals surface area contributed by atoms with Crippen LogP contribution in [-0.4, -0.2) is 41.6 Å². The van der Waals surface area contributed by atoms with Gasteiger partial charge in [0.05, 0.1) is 15.7 Å². The van der Waals surface area contributed by atoms with Gasteiger partial charge in [0, 0.05) is 32.1 Å². The summed E-state index contributed by atoms with van der Waals surface area (Å²) < 4.78 is 1.27. The summed E-state index contributed by atoms with van der Waals surface area (Å²) >= 11 is 1.79. The topological polar surface area (TPSA) is 66.0 Å². The highest BCUT2D eigenvalue weighted by Crippen LogP contribution is 2.28. The SMILES string of the molecule is CN(C)c1nc(NC2CCC(CNCc3nc4ccccc4s3)CC2)nc2ccccc12. The van der Waals surface area contributed by atoms with Gasteiger partial charge in [0.15, 0.2) is 0 Å². The van der Waals surface area contributed by atoms with Gasteiger partial charge in [0.2, 0.25) is 5.95 Å². The number of benzene rings is 2. The van der Waals surface area contributed by atoms with E-state index in [1.165, 1.54) is 22.5 Å². The lowest BCUT2D eigenvalue weighted by Crippen LogP contribution is -2.31. The third-order valence-corrected chi connectivity index (χ3v) is 7.27. The Morgan fingerprint density at radius 1 is 0.906 bits per heavy atom. The maximum absolute atomic E-state index is 4.80. The average Bonchev–Trinajstić information content (AvgIpc) is 3.22. The van der Waals surface area contributed by atoms with Crippen molar-refractivity contribution in [1.29, 1.82) is 0 Å². The Balaban J connectivity index is 1.13. The molecule has 0 aliphatic heterocycles. The van der Waals surface area contributed by atoms with Crippen molar-refractivity contribution in [3.8, 4) is 0 Å². The molecular weight excluding hydrogens is 416 g/mol. The van der Waals surface area contributed by atoms with Crippen LogP contribution in [0.2, 0.25) is 0 Å². The van der Waals surface area contributed by atoms with Crippen LogP contribution in [0.15, 0.2) is 48.5 Å². The molecule has 32 heavy (non-hydrogen) atoms. The Hall–Kier alpha value is -2.77. The molecule has 1 aliphatic carbocycles. The number of rotatable bonds is 7. The summed E-state index contributed by atoms with van der Waals surface area (Å²) in [4.78, 5) is 16.3. The smallest absolute Gasteiger partial charge is 0.225 e. The second kappa shape index (κ2) is 9.38. The minimum absolute atomic E-state index is 0.437. The summed E-state index contributed by atoms with van der Waals surface area (Å²) in [6.45, 7) is 1.91. The minimum Gasteiger partial charge on any atom is -0.362 e. The zero-order valence-corrected chi connectivity index (χ0v) is 19.5. The molecule has 4 aromatic rings. The van der Waals surface area contributed by atoms with Gasteiger partial charge in [0.1, 0.15) is 10.8 Å². The van der Waals surface area contributed by atoms with E-state index in [-0.39, 0.29) is 0 Å². The van der Waals surface area contributed by atoms with Crippen molar-refractivity contribution in [2.75, 3.05) is 30.9 Å². The van der Waals surface area contributed by atoms with Crippen LogP contribution in [-0.2, 0) is 6.54 Å². The standard InChI is InChI=1S/C25H30N6S/c1-31(2)24-19-7-3-4-8-20(19)29-25(30-24)27-18-13-11-17(12-14-18)15-26-16-23-28-21-9-5-6-10-22(21)32-23/h3-10,17-18,26H,11-16H2,1-2H3,(H,27,29,30). The molecule has 0 atom stereocenters. The van der Waals surface area contributed by atoms with Crippen molar-refractivity contribution in [1.82, 2.24) is 20.3 Å². The molecule has 2 heterocycles. The van der Waals surface area contributed by atoms with Gasteiger partial charge in [-0.15, -0.1) is 11.3 Å². The number of nitrogens with zero attached hydrogens (tertiary/aromatic N) is 4. The van der Waals surface area contributed by atoms with Gasteiger partial charge in [0.25, 0.3) is 0 Å². The van der Waals surface area contributed by atoms with E-state index in [1.54, 1.807) is 11.3 Å². The maximum atomic E-state index is 4.80. The van der Waals surface area contributed by atoms with Crippen LogP contribution < -0.4 is 15.5 Å². The lowest BCUT2D eigenvalue weighted by molar-refractivity contribution is 0.324. The molecule has 166 valence electrons. The molecule has 2 aromatic heterocycles. The quantitative estimate of drug-likeness (QED) is 0.413. The Bertz CT molecular complexity index is 1160. The highest BCUT2D eigenvalue weighted by Gasteiger charge is 2.22. The molecule has 0 spiro atoms. The molecule has 5 rings (SSSR count). The van der Waals surface area contributed by atoms with Gasteiger partial charge < -0.3 is 15.5 Å². The molecule has 0 amide bonds. The molecule has 0 unspecified atom stereocenters. The Morgan fingerprint density at radius 3 is 2.44 bits per heavy atom. The van der Waals surface area contributed by atoms with Crippen molar-refractivity contribution in [3.63, 3.8) is 0 Å². The van der Waals surface area contributed by atoms with Crippen LogP contribution in [0.25, 0.3) is 21.1 Å². The van der Waals surface area contributed by atoms with E-state index in [0.717, 1.165) is 60.0 Å². The van der Waals surface area contributed by atoms with Crippen LogP contribution in [0.4, 0.5) is 11.8 Å². The van der Waals surface area contributed by atoms with E-state index in [1.807, 2.05) is 26.2 Å². The number of anilines is 2. The second-order valence-corrected chi connectivity index (χ2v) is 9.97. The number of thiazole rings is 1. The third-order valence-electron chi connectivity index (χ3n) is 6.23. The first-order chi connectivity index (χ1) is 15.7. The van der Waals surface area contributed by atoms with Crippen molar-refractivity contribution in [2.45, 2.75) is 38.3 Å². The Kier molecular flexibility index (Phi) is 6.19. The van der Waals surface area contributed by atoms with Gasteiger partial charge in [-0.1, -0.05) is 24.3 Å². The van der Waals surface area contributed by atoms with Gasteiger partial charge in [-0.2, -0.15) is 4.98 Å². The molecule has 0 saturated heterocycles. The van der Waals surface area contributed by atoms with E-state index in [4.69, 9.17) is 15.0 Å². The van der Waals surface area contributed by atoms with E-state index < -0.39 is 0 Å². The first kappa shape index (κ1) is 21.1. The van der Waals surface area contributed by atoms with Crippen molar-refractivity contribution in [3.05, 3.63) is 53.5 Å². The molecule has 2 aromatic carbocycles. The molecule has 0 bridgehead atoms. The second-order valence-electron chi connectivity index (χ2n) is 8.85. The van der Waals surface area contributed by atoms with Crippen molar-refractivity contribution >= 4 is 44.2 Å². The fourth-order valence-corrected chi connectivity index (χ4v) is 5.47. The molecular formula is C25H30N6S. The van der Waals surface area contributed by atoms with E-state index in [2.05, 4.69) is 51.9 Å². The highest BCUT2D eigenvalue weighted by atomic mass is 32.1. The van der Waals surface area contributed by atoms with Crippen LogP contribution in [0.1, 0.15) is 30.7 Å². The monoisotopic (exact) mass is 446 g/mol. The summed E-state index contributed by atoms with van der Waals surface area (Å²) in [6.07, 6.45) is 4.75. The predicted molar refractivity (Wildman–Crippen MR) is 135 cm³/mol. The first-order valence-corrected chi connectivity index (χ1v) is 12.2. The molecule has 0 radical (unpaired) electrons. The first-order valence-electron chi connectivity index (χ1n) is 11.4. The van der Waals surface area contributed by atoms with Crippen molar-refractivity contribution < 1.29 is 0 Å². The number of nitrogens with one attached hydrogen (secondary N) is 2. The molecule has 1 saturated carbocycles. The number of hydrogen-bond acceptors (Lipinski definition) is 7. The Labute approximate surface area is 193 Å². The average molecular weight is 447 g/mol. The van der Waals surface area contributed by atoms with Gasteiger partial charge in [-0.05, 0) is 62.4 Å². The Morgan fingerprint density at radius 2 is 1.66 bits per heavy atom. The fraction of sp³-hybridized carbons (Fsp3) is 0.400. The van der Waals surface area contributed by atoms with E-state index in [9.17, 15) is 0 Å². The van der Waals surface area contributed by atoms with E-state index in [0.29, 0.717) is 6.04 Å². The van der Waals surface area contributed by atoms with Crippen LogP contribution in [0.5, 0.6) is 0 Å². The highest BCUT2D eigenvalue weighted by molar-refractivity contribution is 7.18. The predicted octanol–water partition coefficient (Wildman–Crippen LogP) is 5.07. The number of fused-ring (bicyclic) bond motifs is 2.